The molecule has 0 aliphatic carbocycles. The second-order valence-corrected chi connectivity index (χ2v) is 6.84. The van der Waals surface area contributed by atoms with Crippen LogP contribution in [-0.4, -0.2) is 25.2 Å². The van der Waals surface area contributed by atoms with Crippen LogP contribution in [-0.2, 0) is 9.53 Å². The van der Waals surface area contributed by atoms with Crippen LogP contribution in [0.3, 0.4) is 0 Å². The highest BCUT2D eigenvalue weighted by Crippen LogP contribution is 2.31. The van der Waals surface area contributed by atoms with Crippen molar-refractivity contribution in [3.63, 3.8) is 0 Å². The van der Waals surface area contributed by atoms with E-state index in [-0.39, 0.29) is 6.61 Å². The number of ether oxygens (including phenoxy) is 3. The van der Waals surface area contributed by atoms with Gasteiger partial charge in [0, 0.05) is 23.6 Å². The molecule has 5 nitrogen and oxygen atoms in total. The second-order valence-electron chi connectivity index (χ2n) is 6.84. The number of hydrogen-bond donors (Lipinski definition) is 0. The van der Waals surface area contributed by atoms with Crippen molar-refractivity contribution in [1.82, 2.24) is 0 Å². The van der Waals surface area contributed by atoms with Crippen molar-refractivity contribution in [3.8, 4) is 34.5 Å². The standard InChI is InChI=1S/C28H24O5/c1-3-27(29)32-20-8-7-9-21-12-14-23(15-13-21)28(30)33-26-11-6-5-10-25(26)22-16-18-24(19-17-22)31-4-2/h3,5-6,10-19H,1,4,8,20H2,2H3. The van der Waals surface area contributed by atoms with E-state index in [4.69, 9.17) is 14.2 Å². The Balaban J connectivity index is 1.65. The summed E-state index contributed by atoms with van der Waals surface area (Å²) in [4.78, 5) is 23.7. The van der Waals surface area contributed by atoms with E-state index in [1.54, 1.807) is 30.3 Å². The molecule has 0 amide bonds. The molecule has 0 atom stereocenters. The molecule has 3 rings (SSSR count). The maximum absolute atomic E-state index is 12.7. The van der Waals surface area contributed by atoms with E-state index in [1.165, 1.54) is 0 Å². The summed E-state index contributed by atoms with van der Waals surface area (Å²) in [6.45, 7) is 6.07. The third-order valence-electron chi connectivity index (χ3n) is 4.56. The summed E-state index contributed by atoms with van der Waals surface area (Å²) in [6.07, 6.45) is 1.52. The summed E-state index contributed by atoms with van der Waals surface area (Å²) in [6, 6.07) is 21.9. The van der Waals surface area contributed by atoms with E-state index in [2.05, 4.69) is 18.4 Å². The van der Waals surface area contributed by atoms with E-state index in [0.29, 0.717) is 24.3 Å². The molecule has 0 spiro atoms. The first-order chi connectivity index (χ1) is 16.1. The van der Waals surface area contributed by atoms with Crippen LogP contribution in [0, 0.1) is 11.8 Å². The molecule has 0 fully saturated rings. The second kappa shape index (κ2) is 11.9. The summed E-state index contributed by atoms with van der Waals surface area (Å²) in [5.74, 6) is 6.23. The van der Waals surface area contributed by atoms with Gasteiger partial charge in [0.25, 0.3) is 0 Å². The third-order valence-corrected chi connectivity index (χ3v) is 4.56. The van der Waals surface area contributed by atoms with Crippen LogP contribution in [0.5, 0.6) is 11.5 Å². The first kappa shape index (κ1) is 23.4. The van der Waals surface area contributed by atoms with Gasteiger partial charge in [-0.15, -0.1) is 0 Å². The molecular weight excluding hydrogens is 416 g/mol. The van der Waals surface area contributed by atoms with Crippen molar-refractivity contribution >= 4 is 11.9 Å². The zero-order valence-electron chi connectivity index (χ0n) is 18.4. The Morgan fingerprint density at radius 2 is 1.70 bits per heavy atom. The van der Waals surface area contributed by atoms with Gasteiger partial charge in [0.2, 0.25) is 0 Å². The molecule has 166 valence electrons. The predicted molar refractivity (Wildman–Crippen MR) is 127 cm³/mol. The topological polar surface area (TPSA) is 61.8 Å². The zero-order chi connectivity index (χ0) is 23.5. The lowest BCUT2D eigenvalue weighted by Crippen LogP contribution is -2.09. The number of hydrogen-bond acceptors (Lipinski definition) is 5. The van der Waals surface area contributed by atoms with Crippen LogP contribution in [0.1, 0.15) is 29.3 Å². The molecule has 5 heteroatoms. The predicted octanol–water partition coefficient (Wildman–Crippen LogP) is 5.44. The largest absolute Gasteiger partial charge is 0.494 e. The van der Waals surface area contributed by atoms with Crippen LogP contribution in [0.15, 0.2) is 85.5 Å². The molecule has 0 N–H and O–H groups in total. The van der Waals surface area contributed by atoms with E-state index in [0.717, 1.165) is 28.5 Å². The van der Waals surface area contributed by atoms with Gasteiger partial charge < -0.3 is 14.2 Å². The van der Waals surface area contributed by atoms with Gasteiger partial charge in [-0.05, 0) is 55.0 Å². The average molecular weight is 440 g/mol. The molecule has 0 unspecified atom stereocenters. The Bertz CT molecular complexity index is 1170. The van der Waals surface area contributed by atoms with Crippen molar-refractivity contribution in [2.24, 2.45) is 0 Å². The monoisotopic (exact) mass is 440 g/mol. The maximum atomic E-state index is 12.7. The van der Waals surface area contributed by atoms with Gasteiger partial charge in [-0.2, -0.15) is 0 Å². The summed E-state index contributed by atoms with van der Waals surface area (Å²) in [7, 11) is 0. The Hall–Kier alpha value is -4.30. The van der Waals surface area contributed by atoms with E-state index >= 15 is 0 Å². The van der Waals surface area contributed by atoms with Crippen molar-refractivity contribution in [2.75, 3.05) is 13.2 Å². The molecule has 0 radical (unpaired) electrons. The molecule has 0 aromatic heterocycles. The minimum Gasteiger partial charge on any atom is -0.494 e. The van der Waals surface area contributed by atoms with Gasteiger partial charge in [0.15, 0.2) is 0 Å². The maximum Gasteiger partial charge on any atom is 0.343 e. The molecule has 3 aromatic rings. The highest BCUT2D eigenvalue weighted by Gasteiger charge is 2.13. The van der Waals surface area contributed by atoms with Crippen LogP contribution in [0.25, 0.3) is 11.1 Å². The smallest absolute Gasteiger partial charge is 0.343 e. The normalized spacial score (nSPS) is 9.85. The van der Waals surface area contributed by atoms with E-state index in [1.807, 2.05) is 49.4 Å². The fourth-order valence-electron chi connectivity index (χ4n) is 2.97. The Labute approximate surface area is 193 Å². The molecule has 0 heterocycles. The average Bonchev–Trinajstić information content (AvgIpc) is 2.85. The van der Waals surface area contributed by atoms with Crippen LogP contribution in [0.4, 0.5) is 0 Å². The van der Waals surface area contributed by atoms with Gasteiger partial charge >= 0.3 is 11.9 Å². The Kier molecular flexibility index (Phi) is 8.44. The number of para-hydroxylation sites is 1. The summed E-state index contributed by atoms with van der Waals surface area (Å²) in [5.41, 5.74) is 2.90. The van der Waals surface area contributed by atoms with Gasteiger partial charge in [-0.1, -0.05) is 48.8 Å². The highest BCUT2D eigenvalue weighted by molar-refractivity contribution is 5.92. The number of carbonyl (C=O) groups excluding carboxylic acids is 2. The lowest BCUT2D eigenvalue weighted by molar-refractivity contribution is -0.137. The molecule has 33 heavy (non-hydrogen) atoms. The molecule has 0 bridgehead atoms. The van der Waals surface area contributed by atoms with Crippen molar-refractivity contribution < 1.29 is 23.8 Å². The van der Waals surface area contributed by atoms with Crippen molar-refractivity contribution in [1.29, 1.82) is 0 Å². The fraction of sp³-hybridized carbons (Fsp3) is 0.143. The first-order valence-electron chi connectivity index (χ1n) is 10.5. The highest BCUT2D eigenvalue weighted by atomic mass is 16.5. The minimum atomic E-state index is -0.469. The number of benzene rings is 3. The van der Waals surface area contributed by atoms with E-state index in [9.17, 15) is 9.59 Å². The summed E-state index contributed by atoms with van der Waals surface area (Å²) in [5, 5.41) is 0. The summed E-state index contributed by atoms with van der Waals surface area (Å²) < 4.78 is 16.0. The number of esters is 2. The van der Waals surface area contributed by atoms with Gasteiger partial charge in [0.1, 0.15) is 18.1 Å². The van der Waals surface area contributed by atoms with Crippen LogP contribution < -0.4 is 9.47 Å². The Morgan fingerprint density at radius 3 is 2.39 bits per heavy atom. The SMILES string of the molecule is C=CC(=O)OCCC#Cc1ccc(C(=O)Oc2ccccc2-c2ccc(OCC)cc2)cc1. The lowest BCUT2D eigenvalue weighted by Gasteiger charge is -2.11. The van der Waals surface area contributed by atoms with Gasteiger partial charge in [-0.3, -0.25) is 0 Å². The summed E-state index contributed by atoms with van der Waals surface area (Å²) >= 11 is 0. The zero-order valence-corrected chi connectivity index (χ0v) is 18.4. The molecule has 0 aliphatic rings. The van der Waals surface area contributed by atoms with Crippen molar-refractivity contribution in [3.05, 3.63) is 96.6 Å². The fourth-order valence-corrected chi connectivity index (χ4v) is 2.97. The molecule has 0 aliphatic heterocycles. The molecule has 0 saturated carbocycles. The third kappa shape index (κ3) is 6.84. The van der Waals surface area contributed by atoms with Crippen LogP contribution >= 0.6 is 0 Å². The van der Waals surface area contributed by atoms with Gasteiger partial charge in [-0.25, -0.2) is 9.59 Å². The minimum absolute atomic E-state index is 0.204. The first-order valence-corrected chi connectivity index (χ1v) is 10.5. The van der Waals surface area contributed by atoms with E-state index < -0.39 is 11.9 Å². The number of carbonyl (C=O) groups is 2. The quantitative estimate of drug-likeness (QED) is 0.153. The Morgan fingerprint density at radius 1 is 0.970 bits per heavy atom. The van der Waals surface area contributed by atoms with Crippen LogP contribution in [0.2, 0.25) is 0 Å². The molecular formula is C28H24O5. The number of rotatable bonds is 8. The van der Waals surface area contributed by atoms with Crippen molar-refractivity contribution in [2.45, 2.75) is 13.3 Å². The molecule has 0 saturated heterocycles. The van der Waals surface area contributed by atoms with Gasteiger partial charge in [0.05, 0.1) is 12.2 Å². The molecule has 3 aromatic carbocycles. The lowest BCUT2D eigenvalue weighted by atomic mass is 10.0.